The zero-order valence-electron chi connectivity index (χ0n) is 26.0. The Kier molecular flexibility index (Phi) is 10.4. The SMILES string of the molecule is Cc1cc(O)c(C(C)C)cc1NC(=S)Nc1ccc(S(=O)(=O)c2ccc(NC(=S)Nc3cc(C(C)C)c(O)cc3C)cc2)cc1. The van der Waals surface area contributed by atoms with E-state index in [2.05, 4.69) is 21.3 Å². The number of sulfone groups is 1. The number of benzene rings is 4. The summed E-state index contributed by atoms with van der Waals surface area (Å²) in [6.07, 6.45) is 0. The van der Waals surface area contributed by atoms with Crippen LogP contribution < -0.4 is 21.3 Å². The van der Waals surface area contributed by atoms with E-state index < -0.39 is 9.84 Å². The first-order valence-electron chi connectivity index (χ1n) is 14.4. The third-order valence-electron chi connectivity index (χ3n) is 7.33. The van der Waals surface area contributed by atoms with E-state index in [4.69, 9.17) is 24.4 Å². The number of hydrogen-bond donors (Lipinski definition) is 6. The van der Waals surface area contributed by atoms with Crippen molar-refractivity contribution >= 4 is 67.2 Å². The van der Waals surface area contributed by atoms with Crippen molar-refractivity contribution in [3.05, 3.63) is 95.1 Å². The summed E-state index contributed by atoms with van der Waals surface area (Å²) in [7, 11) is -3.77. The fourth-order valence-electron chi connectivity index (χ4n) is 4.75. The van der Waals surface area contributed by atoms with Crippen LogP contribution in [0.2, 0.25) is 0 Å². The Labute approximate surface area is 275 Å². The van der Waals surface area contributed by atoms with Gasteiger partial charge in [-0.3, -0.25) is 0 Å². The summed E-state index contributed by atoms with van der Waals surface area (Å²) in [5.74, 6) is 0.776. The molecule has 236 valence electrons. The second kappa shape index (κ2) is 13.8. The average Bonchev–Trinajstić information content (AvgIpc) is 2.96. The molecule has 0 aliphatic heterocycles. The third-order valence-corrected chi connectivity index (χ3v) is 9.53. The van der Waals surface area contributed by atoms with E-state index in [0.717, 1.165) is 33.6 Å². The second-order valence-electron chi connectivity index (χ2n) is 11.5. The summed E-state index contributed by atoms with van der Waals surface area (Å²) in [6, 6.07) is 19.9. The molecule has 0 atom stereocenters. The van der Waals surface area contributed by atoms with Gasteiger partial charge in [0, 0.05) is 22.7 Å². The number of aromatic hydroxyl groups is 2. The largest absolute Gasteiger partial charge is 0.508 e. The van der Waals surface area contributed by atoms with Crippen LogP contribution in [-0.2, 0) is 9.84 Å². The van der Waals surface area contributed by atoms with E-state index in [1.165, 1.54) is 24.3 Å². The van der Waals surface area contributed by atoms with E-state index >= 15 is 0 Å². The number of anilines is 4. The predicted octanol–water partition coefficient (Wildman–Crippen LogP) is 8.41. The van der Waals surface area contributed by atoms with Crippen LogP contribution in [0.25, 0.3) is 0 Å². The Bertz CT molecular complexity index is 1710. The molecule has 4 aromatic rings. The second-order valence-corrected chi connectivity index (χ2v) is 14.2. The number of aryl methyl sites for hydroxylation is 2. The lowest BCUT2D eigenvalue weighted by atomic mass is 9.99. The van der Waals surface area contributed by atoms with Crippen LogP contribution in [0.3, 0.4) is 0 Å². The highest BCUT2D eigenvalue weighted by Crippen LogP contribution is 2.33. The van der Waals surface area contributed by atoms with Crippen molar-refractivity contribution < 1.29 is 18.6 Å². The molecule has 0 saturated carbocycles. The van der Waals surface area contributed by atoms with Crippen LogP contribution in [0.1, 0.15) is 61.8 Å². The molecule has 45 heavy (non-hydrogen) atoms. The molecule has 0 radical (unpaired) electrons. The normalized spacial score (nSPS) is 11.4. The summed E-state index contributed by atoms with van der Waals surface area (Å²) in [4.78, 5) is 0.286. The summed E-state index contributed by atoms with van der Waals surface area (Å²) in [5.41, 5.74) is 6.11. The Balaban J connectivity index is 1.39. The van der Waals surface area contributed by atoms with E-state index in [1.807, 2.05) is 53.7 Å². The maximum atomic E-state index is 13.3. The highest BCUT2D eigenvalue weighted by atomic mass is 32.2. The van der Waals surface area contributed by atoms with Crippen molar-refractivity contribution in [1.29, 1.82) is 0 Å². The van der Waals surface area contributed by atoms with Crippen molar-refractivity contribution in [2.75, 3.05) is 21.3 Å². The van der Waals surface area contributed by atoms with E-state index in [-0.39, 0.29) is 33.1 Å². The van der Waals surface area contributed by atoms with Crippen molar-refractivity contribution in [3.63, 3.8) is 0 Å². The molecule has 0 aliphatic rings. The van der Waals surface area contributed by atoms with Crippen LogP contribution in [0, 0.1) is 13.8 Å². The molecule has 8 nitrogen and oxygen atoms in total. The fraction of sp³-hybridized carbons (Fsp3) is 0.235. The van der Waals surface area contributed by atoms with Crippen molar-refractivity contribution in [3.8, 4) is 11.5 Å². The van der Waals surface area contributed by atoms with Gasteiger partial charge in [-0.25, -0.2) is 8.42 Å². The summed E-state index contributed by atoms with van der Waals surface area (Å²) in [6.45, 7) is 11.8. The molecular formula is C34H38N4O4S3. The standard InChI is InChI=1S/C34H38N4O4S3/c1-19(2)27-17-29(21(5)15-31(27)39)37-33(43)35-23-7-11-25(12-8-23)45(41,42)26-13-9-24(10-14-26)36-34(44)38-30-18-28(20(3)4)32(40)16-22(30)6/h7-20,39-40H,1-6H3,(H2,35,37,43)(H2,36,38,44). The first kappa shape index (κ1) is 33.7. The van der Waals surface area contributed by atoms with Gasteiger partial charge in [-0.2, -0.15) is 0 Å². The highest BCUT2D eigenvalue weighted by Gasteiger charge is 2.18. The molecule has 0 saturated heterocycles. The minimum Gasteiger partial charge on any atom is -0.508 e. The molecule has 0 unspecified atom stereocenters. The Morgan fingerprint density at radius 2 is 0.933 bits per heavy atom. The Morgan fingerprint density at radius 3 is 1.24 bits per heavy atom. The van der Waals surface area contributed by atoms with Crippen molar-refractivity contribution in [2.24, 2.45) is 0 Å². The molecule has 4 aromatic carbocycles. The van der Waals surface area contributed by atoms with Crippen LogP contribution >= 0.6 is 24.4 Å². The number of nitrogens with one attached hydrogen (secondary N) is 4. The molecule has 0 spiro atoms. The quantitative estimate of drug-likeness (QED) is 0.0810. The molecule has 0 amide bonds. The molecule has 4 rings (SSSR count). The van der Waals surface area contributed by atoms with Crippen LogP contribution in [0.4, 0.5) is 22.7 Å². The maximum absolute atomic E-state index is 13.3. The van der Waals surface area contributed by atoms with Gasteiger partial charge < -0.3 is 31.5 Å². The zero-order valence-corrected chi connectivity index (χ0v) is 28.5. The first-order valence-corrected chi connectivity index (χ1v) is 16.7. The van der Waals surface area contributed by atoms with Gasteiger partial charge in [0.05, 0.1) is 9.79 Å². The minimum absolute atomic E-state index is 0.142. The molecule has 0 aromatic heterocycles. The minimum atomic E-state index is -3.77. The number of phenolic OH excluding ortho intramolecular Hbond substituents is 2. The average molecular weight is 663 g/mol. The van der Waals surface area contributed by atoms with Crippen LogP contribution in [0.5, 0.6) is 11.5 Å². The van der Waals surface area contributed by atoms with Gasteiger partial charge in [-0.05, 0) is 145 Å². The molecule has 0 fully saturated rings. The molecule has 11 heteroatoms. The summed E-state index contributed by atoms with van der Waals surface area (Å²) < 4.78 is 26.7. The monoisotopic (exact) mass is 662 g/mol. The van der Waals surface area contributed by atoms with Gasteiger partial charge in [0.25, 0.3) is 0 Å². The van der Waals surface area contributed by atoms with E-state index in [0.29, 0.717) is 21.6 Å². The van der Waals surface area contributed by atoms with E-state index in [9.17, 15) is 18.6 Å². The highest BCUT2D eigenvalue weighted by molar-refractivity contribution is 7.91. The summed E-state index contributed by atoms with van der Waals surface area (Å²) >= 11 is 11.0. The third kappa shape index (κ3) is 8.10. The molecule has 0 bridgehead atoms. The van der Waals surface area contributed by atoms with Gasteiger partial charge in [0.1, 0.15) is 11.5 Å². The molecular weight excluding hydrogens is 625 g/mol. The van der Waals surface area contributed by atoms with Gasteiger partial charge in [-0.1, -0.05) is 27.7 Å². The lowest BCUT2D eigenvalue weighted by Gasteiger charge is -2.17. The molecule has 0 heterocycles. The lowest BCUT2D eigenvalue weighted by Crippen LogP contribution is -2.20. The predicted molar refractivity (Wildman–Crippen MR) is 192 cm³/mol. The van der Waals surface area contributed by atoms with Crippen LogP contribution in [-0.4, -0.2) is 28.9 Å². The van der Waals surface area contributed by atoms with Gasteiger partial charge in [0.2, 0.25) is 9.84 Å². The fourth-order valence-corrected chi connectivity index (χ4v) is 6.47. The maximum Gasteiger partial charge on any atom is 0.206 e. The number of rotatable bonds is 8. The van der Waals surface area contributed by atoms with Crippen LogP contribution in [0.15, 0.2) is 82.6 Å². The lowest BCUT2D eigenvalue weighted by molar-refractivity contribution is 0.464. The molecule has 6 N–H and O–H groups in total. The van der Waals surface area contributed by atoms with E-state index in [1.54, 1.807) is 36.4 Å². The van der Waals surface area contributed by atoms with Crippen molar-refractivity contribution in [1.82, 2.24) is 0 Å². The smallest absolute Gasteiger partial charge is 0.206 e. The summed E-state index contributed by atoms with van der Waals surface area (Å²) in [5, 5.41) is 33.6. The zero-order chi connectivity index (χ0) is 33.1. The van der Waals surface area contributed by atoms with Gasteiger partial charge >= 0.3 is 0 Å². The Hall–Kier alpha value is -4.19. The number of phenols is 2. The number of hydrogen-bond acceptors (Lipinski definition) is 6. The topological polar surface area (TPSA) is 123 Å². The Morgan fingerprint density at radius 1 is 0.600 bits per heavy atom. The van der Waals surface area contributed by atoms with Gasteiger partial charge in [-0.15, -0.1) is 0 Å². The molecule has 0 aliphatic carbocycles. The van der Waals surface area contributed by atoms with Gasteiger partial charge in [0.15, 0.2) is 10.2 Å². The van der Waals surface area contributed by atoms with Crippen molar-refractivity contribution in [2.45, 2.75) is 63.2 Å². The number of thiocarbonyl (C=S) groups is 2. The first-order chi connectivity index (χ1) is 21.1.